The van der Waals surface area contributed by atoms with Gasteiger partial charge in [-0.1, -0.05) is 41.9 Å². The number of anilines is 2. The number of halogens is 2. The first-order chi connectivity index (χ1) is 21.7. The van der Waals surface area contributed by atoms with Crippen LogP contribution in [0.1, 0.15) is 11.1 Å². The molecule has 1 aliphatic heterocycles. The van der Waals surface area contributed by atoms with E-state index in [-0.39, 0.29) is 29.4 Å². The number of carbonyl (C=O) groups is 4. The maximum absolute atomic E-state index is 13.4. The molecule has 0 aromatic heterocycles. The lowest BCUT2D eigenvalue weighted by molar-refractivity contribution is -0.122. The predicted octanol–water partition coefficient (Wildman–Crippen LogP) is 6.37. The average molecular weight is 691 g/mol. The number of urea groups is 1. The third-order valence-corrected chi connectivity index (χ3v) is 7.32. The van der Waals surface area contributed by atoms with E-state index in [1.54, 1.807) is 54.6 Å². The zero-order valence-electron chi connectivity index (χ0n) is 23.7. The van der Waals surface area contributed by atoms with Gasteiger partial charge >= 0.3 is 6.03 Å². The quantitative estimate of drug-likeness (QED) is 0.146. The summed E-state index contributed by atoms with van der Waals surface area (Å²) in [5.74, 6) is -1.06. The fraction of sp³-hybridized carbons (Fsp3) is 0.0909. The minimum atomic E-state index is -0.875. The molecule has 0 bridgehead atoms. The van der Waals surface area contributed by atoms with Crippen LogP contribution in [0.5, 0.6) is 17.2 Å². The number of imide groups is 2. The molecule has 0 atom stereocenters. The van der Waals surface area contributed by atoms with E-state index < -0.39 is 23.8 Å². The number of nitrogens with one attached hydrogen (secondary N) is 2. The Balaban J connectivity index is 1.30. The van der Waals surface area contributed by atoms with Gasteiger partial charge < -0.3 is 19.5 Å². The topological polar surface area (TPSA) is 123 Å². The summed E-state index contributed by atoms with van der Waals surface area (Å²) in [5, 5.41) is 5.45. The minimum absolute atomic E-state index is 0.233. The Bertz CT molecular complexity index is 1780. The highest BCUT2D eigenvalue weighted by molar-refractivity contribution is 9.10. The van der Waals surface area contributed by atoms with Crippen molar-refractivity contribution in [2.45, 2.75) is 6.61 Å². The summed E-state index contributed by atoms with van der Waals surface area (Å²) in [4.78, 5) is 52.1. The SMILES string of the molecule is COc1cc(/C=C2\C(=O)NC(=O)N(c3ccc(OCc4ccccc4)cc3)C2=O)cc(Br)c1OCC(=O)Nc1ccc(Cl)cc1. The number of hydrogen-bond donors (Lipinski definition) is 2. The van der Waals surface area contributed by atoms with Crippen LogP contribution in [0.15, 0.2) is 101 Å². The minimum Gasteiger partial charge on any atom is -0.493 e. The molecule has 5 amide bonds. The van der Waals surface area contributed by atoms with Crippen molar-refractivity contribution in [3.63, 3.8) is 0 Å². The second-order valence-electron chi connectivity index (χ2n) is 9.60. The van der Waals surface area contributed by atoms with Crippen molar-refractivity contribution in [1.29, 1.82) is 0 Å². The number of carbonyl (C=O) groups excluding carboxylic acids is 4. The number of nitrogens with zero attached hydrogens (tertiary/aromatic N) is 1. The van der Waals surface area contributed by atoms with E-state index in [9.17, 15) is 19.2 Å². The lowest BCUT2D eigenvalue weighted by atomic mass is 10.1. The Kier molecular flexibility index (Phi) is 9.81. The lowest BCUT2D eigenvalue weighted by Crippen LogP contribution is -2.54. The van der Waals surface area contributed by atoms with E-state index in [4.69, 9.17) is 25.8 Å². The zero-order chi connectivity index (χ0) is 31.9. The Morgan fingerprint density at radius 2 is 1.67 bits per heavy atom. The smallest absolute Gasteiger partial charge is 0.335 e. The second-order valence-corrected chi connectivity index (χ2v) is 10.9. The predicted molar refractivity (Wildman–Crippen MR) is 172 cm³/mol. The van der Waals surface area contributed by atoms with Gasteiger partial charge in [0.15, 0.2) is 18.1 Å². The molecule has 1 fully saturated rings. The van der Waals surface area contributed by atoms with Crippen molar-refractivity contribution in [3.05, 3.63) is 117 Å². The van der Waals surface area contributed by atoms with Crippen LogP contribution in [0.25, 0.3) is 6.08 Å². The van der Waals surface area contributed by atoms with Gasteiger partial charge in [0.05, 0.1) is 17.3 Å². The summed E-state index contributed by atoms with van der Waals surface area (Å²) >= 11 is 9.29. The molecule has 12 heteroatoms. The number of barbiturate groups is 1. The van der Waals surface area contributed by atoms with Crippen LogP contribution in [0, 0.1) is 0 Å². The zero-order valence-corrected chi connectivity index (χ0v) is 26.1. The van der Waals surface area contributed by atoms with Gasteiger partial charge in [-0.15, -0.1) is 0 Å². The van der Waals surface area contributed by atoms with Gasteiger partial charge in [0.25, 0.3) is 17.7 Å². The van der Waals surface area contributed by atoms with Gasteiger partial charge in [-0.05, 0) is 93.8 Å². The van der Waals surface area contributed by atoms with Gasteiger partial charge in [-0.2, -0.15) is 0 Å². The Morgan fingerprint density at radius 1 is 0.956 bits per heavy atom. The maximum Gasteiger partial charge on any atom is 0.335 e. The first kappa shape index (κ1) is 31.3. The van der Waals surface area contributed by atoms with Crippen LogP contribution in [-0.4, -0.2) is 37.5 Å². The largest absolute Gasteiger partial charge is 0.493 e. The summed E-state index contributed by atoms with van der Waals surface area (Å²) < 4.78 is 17.3. The Hall–Kier alpha value is -5.13. The molecule has 1 saturated heterocycles. The van der Waals surface area contributed by atoms with Gasteiger partial charge in [0, 0.05) is 10.7 Å². The number of benzene rings is 4. The third kappa shape index (κ3) is 7.69. The molecule has 2 N–H and O–H groups in total. The first-order valence-corrected chi connectivity index (χ1v) is 14.6. The molecule has 5 rings (SSSR count). The van der Waals surface area contributed by atoms with Gasteiger partial charge in [-0.3, -0.25) is 19.7 Å². The number of amides is 5. The van der Waals surface area contributed by atoms with Crippen molar-refractivity contribution in [1.82, 2.24) is 5.32 Å². The van der Waals surface area contributed by atoms with Crippen molar-refractivity contribution < 1.29 is 33.4 Å². The maximum atomic E-state index is 13.4. The first-order valence-electron chi connectivity index (χ1n) is 13.5. The molecule has 4 aromatic rings. The van der Waals surface area contributed by atoms with Gasteiger partial charge in [-0.25, -0.2) is 9.69 Å². The molecule has 0 spiro atoms. The highest BCUT2D eigenvalue weighted by Gasteiger charge is 2.37. The molecule has 10 nitrogen and oxygen atoms in total. The van der Waals surface area contributed by atoms with Crippen LogP contribution in [0.4, 0.5) is 16.2 Å². The van der Waals surface area contributed by atoms with Crippen molar-refractivity contribution in [2.24, 2.45) is 0 Å². The molecule has 0 aliphatic carbocycles. The van der Waals surface area contributed by atoms with E-state index in [0.717, 1.165) is 10.5 Å². The summed E-state index contributed by atoms with van der Waals surface area (Å²) in [7, 11) is 1.41. The second kappa shape index (κ2) is 14.1. The summed E-state index contributed by atoms with van der Waals surface area (Å²) in [6.07, 6.45) is 1.33. The number of hydrogen-bond acceptors (Lipinski definition) is 7. The van der Waals surface area contributed by atoms with Crippen LogP contribution in [0.2, 0.25) is 5.02 Å². The van der Waals surface area contributed by atoms with Crippen LogP contribution < -0.4 is 29.7 Å². The summed E-state index contributed by atoms with van der Waals surface area (Å²) in [6.45, 7) is 0.0240. The molecule has 228 valence electrons. The third-order valence-electron chi connectivity index (χ3n) is 6.48. The highest BCUT2D eigenvalue weighted by Crippen LogP contribution is 2.37. The molecule has 0 saturated carbocycles. The summed E-state index contributed by atoms with van der Waals surface area (Å²) in [5.41, 5.74) is 1.92. The Morgan fingerprint density at radius 3 is 2.36 bits per heavy atom. The van der Waals surface area contributed by atoms with E-state index in [2.05, 4.69) is 26.6 Å². The lowest BCUT2D eigenvalue weighted by Gasteiger charge is -2.26. The van der Waals surface area contributed by atoms with Gasteiger partial charge in [0.1, 0.15) is 17.9 Å². The van der Waals surface area contributed by atoms with Crippen LogP contribution >= 0.6 is 27.5 Å². The standard InChI is InChI=1S/C33H25BrClN3O7/c1-43-28-17-21(16-27(34)30(28)45-19-29(39)36-23-9-7-22(35)8-10-23)15-26-31(40)37-33(42)38(32(26)41)24-11-13-25(14-12-24)44-18-20-5-3-2-4-6-20/h2-17H,18-19H2,1H3,(H,36,39)(H,37,40,42)/b26-15+. The molecular formula is C33H25BrClN3O7. The van der Waals surface area contributed by atoms with E-state index in [0.29, 0.717) is 33.1 Å². The molecular weight excluding hydrogens is 666 g/mol. The van der Waals surface area contributed by atoms with Crippen molar-refractivity contribution >= 4 is 68.7 Å². The molecule has 0 radical (unpaired) electrons. The fourth-order valence-corrected chi connectivity index (χ4v) is 5.02. The Labute approximate surface area is 271 Å². The van der Waals surface area contributed by atoms with Gasteiger partial charge in [0.2, 0.25) is 0 Å². The molecule has 4 aromatic carbocycles. The molecule has 1 aliphatic rings. The monoisotopic (exact) mass is 689 g/mol. The highest BCUT2D eigenvalue weighted by atomic mass is 79.9. The van der Waals surface area contributed by atoms with Crippen LogP contribution in [-0.2, 0) is 21.0 Å². The fourth-order valence-electron chi connectivity index (χ4n) is 4.32. The van der Waals surface area contributed by atoms with E-state index in [1.165, 1.54) is 19.3 Å². The van der Waals surface area contributed by atoms with Crippen molar-refractivity contribution in [3.8, 4) is 17.2 Å². The van der Waals surface area contributed by atoms with Crippen molar-refractivity contribution in [2.75, 3.05) is 23.9 Å². The number of ether oxygens (including phenoxy) is 3. The van der Waals surface area contributed by atoms with E-state index in [1.807, 2.05) is 30.3 Å². The number of rotatable bonds is 10. The summed E-state index contributed by atoms with van der Waals surface area (Å²) in [6, 6.07) is 24.9. The normalized spacial score (nSPS) is 13.8. The number of methoxy groups -OCH3 is 1. The average Bonchev–Trinajstić information content (AvgIpc) is 3.03. The van der Waals surface area contributed by atoms with Crippen LogP contribution in [0.3, 0.4) is 0 Å². The van der Waals surface area contributed by atoms with E-state index >= 15 is 0 Å². The molecule has 1 heterocycles. The molecule has 0 unspecified atom stereocenters. The molecule has 45 heavy (non-hydrogen) atoms.